The summed E-state index contributed by atoms with van der Waals surface area (Å²) >= 11 is 0. The summed E-state index contributed by atoms with van der Waals surface area (Å²) in [5.41, 5.74) is 1.55. The van der Waals surface area contributed by atoms with Crippen LogP contribution in [-0.4, -0.2) is 34.4 Å². The van der Waals surface area contributed by atoms with Crippen LogP contribution in [0.5, 0.6) is 0 Å². The number of hydrogen-bond donors (Lipinski definition) is 3. The number of para-hydroxylation sites is 1. The summed E-state index contributed by atoms with van der Waals surface area (Å²) in [6.07, 6.45) is 1.70. The summed E-state index contributed by atoms with van der Waals surface area (Å²) in [6.45, 7) is 2.02. The average molecular weight is 260 g/mol. The number of aromatic nitrogens is 1. The van der Waals surface area contributed by atoms with Gasteiger partial charge >= 0.3 is 5.97 Å². The molecule has 2 rings (SSSR count). The number of carboxylic acid groups (broad SMARTS) is 1. The second-order valence-corrected chi connectivity index (χ2v) is 4.43. The monoisotopic (exact) mass is 260 g/mol. The Labute approximate surface area is 110 Å². The van der Waals surface area contributed by atoms with Crippen LogP contribution in [0.2, 0.25) is 0 Å². The Bertz CT molecular complexity index is 604. The molecule has 1 aromatic carbocycles. The van der Waals surface area contributed by atoms with Crippen molar-refractivity contribution in [2.24, 2.45) is 0 Å². The lowest BCUT2D eigenvalue weighted by molar-refractivity contribution is -0.136. The highest BCUT2D eigenvalue weighted by molar-refractivity contribution is 6.10. The van der Waals surface area contributed by atoms with Gasteiger partial charge < -0.3 is 15.4 Å². The lowest BCUT2D eigenvalue weighted by Crippen LogP contribution is -2.35. The fraction of sp³-hybridized carbons (Fsp3) is 0.286. The molecule has 100 valence electrons. The number of aromatic amines is 1. The highest BCUT2D eigenvalue weighted by Crippen LogP contribution is 2.19. The van der Waals surface area contributed by atoms with Crippen LogP contribution in [0, 0.1) is 0 Å². The third-order valence-corrected chi connectivity index (χ3v) is 3.04. The van der Waals surface area contributed by atoms with E-state index in [4.69, 9.17) is 5.11 Å². The molecule has 0 aliphatic heterocycles. The van der Waals surface area contributed by atoms with Crippen molar-refractivity contribution in [3.05, 3.63) is 36.0 Å². The first-order valence-electron chi connectivity index (χ1n) is 6.15. The van der Waals surface area contributed by atoms with Crippen molar-refractivity contribution in [1.82, 2.24) is 10.3 Å². The Morgan fingerprint density at radius 3 is 2.84 bits per heavy atom. The maximum absolute atomic E-state index is 12.3. The fourth-order valence-electron chi connectivity index (χ4n) is 2.00. The third-order valence-electron chi connectivity index (χ3n) is 3.04. The molecule has 0 radical (unpaired) electrons. The zero-order valence-corrected chi connectivity index (χ0v) is 10.6. The number of rotatable bonds is 6. The van der Waals surface area contributed by atoms with Crippen molar-refractivity contribution in [3.8, 4) is 0 Å². The number of H-pyrrole nitrogens is 1. The van der Waals surface area contributed by atoms with Crippen LogP contribution in [0.25, 0.3) is 10.9 Å². The van der Waals surface area contributed by atoms with Gasteiger partial charge in [-0.3, -0.25) is 9.59 Å². The Kier molecular flexibility index (Phi) is 3.97. The van der Waals surface area contributed by atoms with E-state index in [1.807, 2.05) is 24.3 Å². The van der Waals surface area contributed by atoms with Gasteiger partial charge in [0.2, 0.25) is 0 Å². The van der Waals surface area contributed by atoms with E-state index in [-0.39, 0.29) is 18.7 Å². The van der Waals surface area contributed by atoms with Crippen LogP contribution in [0.4, 0.5) is 0 Å². The largest absolute Gasteiger partial charge is 0.481 e. The Morgan fingerprint density at radius 1 is 1.37 bits per heavy atom. The minimum absolute atomic E-state index is 0.00546. The van der Waals surface area contributed by atoms with E-state index in [1.165, 1.54) is 0 Å². The minimum atomic E-state index is -0.876. The molecular weight excluding hydrogens is 244 g/mol. The molecular formula is C14H16N2O3. The Hall–Kier alpha value is -2.14. The van der Waals surface area contributed by atoms with E-state index in [1.54, 1.807) is 13.1 Å². The number of ketones is 1. The lowest BCUT2D eigenvalue weighted by atomic mass is 10.0. The number of benzene rings is 1. The van der Waals surface area contributed by atoms with Gasteiger partial charge in [-0.05, 0) is 13.0 Å². The summed E-state index contributed by atoms with van der Waals surface area (Å²) < 4.78 is 0. The van der Waals surface area contributed by atoms with Gasteiger partial charge in [0.25, 0.3) is 0 Å². The van der Waals surface area contributed by atoms with E-state index in [0.29, 0.717) is 5.56 Å². The molecule has 0 fully saturated rings. The van der Waals surface area contributed by atoms with E-state index in [2.05, 4.69) is 10.3 Å². The summed E-state index contributed by atoms with van der Waals surface area (Å²) in [4.78, 5) is 25.7. The number of aliphatic carboxylic acids is 1. The zero-order valence-electron chi connectivity index (χ0n) is 10.6. The van der Waals surface area contributed by atoms with Crippen molar-refractivity contribution >= 4 is 22.7 Å². The van der Waals surface area contributed by atoms with E-state index in [0.717, 1.165) is 10.9 Å². The predicted octanol–water partition coefficient (Wildman–Crippen LogP) is 1.80. The maximum Gasteiger partial charge on any atom is 0.304 e. The molecule has 0 bridgehead atoms. The number of hydrogen-bond acceptors (Lipinski definition) is 3. The molecule has 0 saturated heterocycles. The SMILES string of the molecule is CC(NCCC(=O)O)C(=O)c1c[nH]c2ccccc12. The molecule has 0 aliphatic carbocycles. The van der Waals surface area contributed by atoms with Crippen LogP contribution in [0.3, 0.4) is 0 Å². The maximum atomic E-state index is 12.3. The number of Topliss-reactive ketones (excluding diaryl/α,β-unsaturated/α-hetero) is 1. The molecule has 0 aliphatic rings. The number of nitrogens with one attached hydrogen (secondary N) is 2. The van der Waals surface area contributed by atoms with Crippen LogP contribution in [0.15, 0.2) is 30.5 Å². The summed E-state index contributed by atoms with van der Waals surface area (Å²) in [5.74, 6) is -0.915. The Morgan fingerprint density at radius 2 is 2.11 bits per heavy atom. The van der Waals surface area contributed by atoms with Crippen molar-refractivity contribution in [2.75, 3.05) is 6.54 Å². The van der Waals surface area contributed by atoms with Gasteiger partial charge in [-0.1, -0.05) is 18.2 Å². The van der Waals surface area contributed by atoms with Crippen molar-refractivity contribution in [1.29, 1.82) is 0 Å². The molecule has 5 heteroatoms. The molecule has 0 saturated carbocycles. The molecule has 5 nitrogen and oxygen atoms in total. The molecule has 2 aromatic rings. The van der Waals surface area contributed by atoms with Gasteiger partial charge in [-0.25, -0.2) is 0 Å². The number of fused-ring (bicyclic) bond motifs is 1. The van der Waals surface area contributed by atoms with Crippen molar-refractivity contribution in [2.45, 2.75) is 19.4 Å². The van der Waals surface area contributed by atoms with E-state index < -0.39 is 12.0 Å². The normalized spacial score (nSPS) is 12.5. The topological polar surface area (TPSA) is 82.2 Å². The quantitative estimate of drug-likeness (QED) is 0.692. The van der Waals surface area contributed by atoms with Gasteiger partial charge in [0.15, 0.2) is 5.78 Å². The summed E-state index contributed by atoms with van der Waals surface area (Å²) in [7, 11) is 0. The van der Waals surface area contributed by atoms with Crippen molar-refractivity contribution in [3.63, 3.8) is 0 Å². The second kappa shape index (κ2) is 5.67. The first-order valence-corrected chi connectivity index (χ1v) is 6.15. The van der Waals surface area contributed by atoms with Crippen LogP contribution in [0.1, 0.15) is 23.7 Å². The van der Waals surface area contributed by atoms with E-state index in [9.17, 15) is 9.59 Å². The van der Waals surface area contributed by atoms with Crippen LogP contribution in [-0.2, 0) is 4.79 Å². The smallest absolute Gasteiger partial charge is 0.304 e. The fourth-order valence-corrected chi connectivity index (χ4v) is 2.00. The minimum Gasteiger partial charge on any atom is -0.481 e. The van der Waals surface area contributed by atoms with Gasteiger partial charge in [-0.15, -0.1) is 0 Å². The molecule has 0 spiro atoms. The lowest BCUT2D eigenvalue weighted by Gasteiger charge is -2.11. The summed E-state index contributed by atoms with van der Waals surface area (Å²) in [6, 6.07) is 7.19. The first-order chi connectivity index (χ1) is 9.09. The molecule has 1 unspecified atom stereocenters. The number of carboxylic acids is 1. The van der Waals surface area contributed by atoms with Crippen LogP contribution >= 0.6 is 0 Å². The molecule has 19 heavy (non-hydrogen) atoms. The average Bonchev–Trinajstić information content (AvgIpc) is 2.81. The molecule has 1 aromatic heterocycles. The third kappa shape index (κ3) is 3.00. The van der Waals surface area contributed by atoms with Gasteiger partial charge in [-0.2, -0.15) is 0 Å². The number of carbonyl (C=O) groups is 2. The second-order valence-electron chi connectivity index (χ2n) is 4.43. The predicted molar refractivity (Wildman–Crippen MR) is 72.3 cm³/mol. The molecule has 1 heterocycles. The highest BCUT2D eigenvalue weighted by Gasteiger charge is 2.18. The van der Waals surface area contributed by atoms with Gasteiger partial charge in [0.1, 0.15) is 0 Å². The molecule has 0 amide bonds. The standard InChI is InChI=1S/C14H16N2O3/c1-9(15-7-6-13(17)18)14(19)11-8-16-12-5-3-2-4-10(11)12/h2-5,8-9,15-16H,6-7H2,1H3,(H,17,18). The van der Waals surface area contributed by atoms with Crippen molar-refractivity contribution < 1.29 is 14.7 Å². The zero-order chi connectivity index (χ0) is 13.8. The molecule has 1 atom stereocenters. The van der Waals surface area contributed by atoms with Gasteiger partial charge in [0.05, 0.1) is 12.5 Å². The highest BCUT2D eigenvalue weighted by atomic mass is 16.4. The summed E-state index contributed by atoms with van der Waals surface area (Å²) in [5, 5.41) is 12.4. The van der Waals surface area contributed by atoms with Crippen LogP contribution < -0.4 is 5.32 Å². The molecule has 3 N–H and O–H groups in total. The van der Waals surface area contributed by atoms with Gasteiger partial charge in [0, 0.05) is 29.2 Å². The Balaban J connectivity index is 2.08. The first kappa shape index (κ1) is 13.3. The van der Waals surface area contributed by atoms with E-state index >= 15 is 0 Å². The number of carbonyl (C=O) groups excluding carboxylic acids is 1.